The maximum atomic E-state index is 13.4. The summed E-state index contributed by atoms with van der Waals surface area (Å²) >= 11 is 0.980. The van der Waals surface area contributed by atoms with Gasteiger partial charge in [0.1, 0.15) is 12.6 Å². The fourth-order valence-corrected chi connectivity index (χ4v) is 5.08. The molecule has 7 nitrogen and oxygen atoms in total. The van der Waals surface area contributed by atoms with E-state index in [1.54, 1.807) is 4.90 Å². The number of hydrogen-bond acceptors (Lipinski definition) is 6. The summed E-state index contributed by atoms with van der Waals surface area (Å²) in [5, 5.41) is 2.12. The average molecular weight is 461 g/mol. The number of carbonyl (C=O) groups excluding carboxylic acids is 4. The highest BCUT2D eigenvalue weighted by Gasteiger charge is 2.38. The first-order valence-electron chi connectivity index (χ1n) is 11.3. The minimum Gasteiger partial charge on any atom is -0.468 e. The standard InChI is InChI=1S/C24H32N2O5S/c1-16(27)32-21(14-17-7-4-3-5-8-17)23(29)25-20-10-6-9-19(13-18-11-12-18)26(24(20)30)15-22(28)31-2/h3-5,7-8,18-21H,6,9-15H2,1-2H3,(H,25,29)/t19-,20+,21+/m1/s1. The molecule has 0 spiro atoms. The van der Waals surface area contributed by atoms with Crippen molar-refractivity contribution >= 4 is 34.7 Å². The van der Waals surface area contributed by atoms with E-state index < -0.39 is 17.3 Å². The van der Waals surface area contributed by atoms with Gasteiger partial charge in [-0.3, -0.25) is 19.2 Å². The second kappa shape index (κ2) is 11.5. The highest BCUT2D eigenvalue weighted by molar-refractivity contribution is 8.14. The first kappa shape index (κ1) is 24.3. The van der Waals surface area contributed by atoms with Gasteiger partial charge in [0.05, 0.1) is 12.4 Å². The quantitative estimate of drug-likeness (QED) is 0.570. The third-order valence-corrected chi connectivity index (χ3v) is 7.06. The van der Waals surface area contributed by atoms with Crippen molar-refractivity contribution in [3.8, 4) is 0 Å². The Morgan fingerprint density at radius 2 is 1.88 bits per heavy atom. The van der Waals surface area contributed by atoms with E-state index in [9.17, 15) is 19.2 Å². The number of esters is 1. The van der Waals surface area contributed by atoms with Crippen LogP contribution in [-0.2, 0) is 30.3 Å². The Bertz CT molecular complexity index is 827. The summed E-state index contributed by atoms with van der Waals surface area (Å²) in [6.45, 7) is 1.34. The van der Waals surface area contributed by atoms with Crippen molar-refractivity contribution in [1.29, 1.82) is 0 Å². The van der Waals surface area contributed by atoms with Crippen LogP contribution in [0.5, 0.6) is 0 Å². The summed E-state index contributed by atoms with van der Waals surface area (Å²) in [6, 6.07) is 8.79. The fraction of sp³-hybridized carbons (Fsp3) is 0.583. The summed E-state index contributed by atoms with van der Waals surface area (Å²) in [4.78, 5) is 51.9. The van der Waals surface area contributed by atoms with Crippen LogP contribution in [0, 0.1) is 5.92 Å². The van der Waals surface area contributed by atoms with Gasteiger partial charge in [0.2, 0.25) is 11.8 Å². The summed E-state index contributed by atoms with van der Waals surface area (Å²) in [7, 11) is 1.31. The molecule has 2 aliphatic rings. The summed E-state index contributed by atoms with van der Waals surface area (Å²) in [5.74, 6) is -0.411. The van der Waals surface area contributed by atoms with E-state index in [2.05, 4.69) is 5.32 Å². The normalized spacial score (nSPS) is 22.1. The number of nitrogens with one attached hydrogen (secondary N) is 1. The van der Waals surface area contributed by atoms with Gasteiger partial charge < -0.3 is 15.0 Å². The lowest BCUT2D eigenvalue weighted by molar-refractivity contribution is -0.149. The van der Waals surface area contributed by atoms with Crippen molar-refractivity contribution in [2.75, 3.05) is 13.7 Å². The van der Waals surface area contributed by atoms with Gasteiger partial charge in [0, 0.05) is 13.0 Å². The molecular weight excluding hydrogens is 428 g/mol. The van der Waals surface area contributed by atoms with Crippen LogP contribution in [0.4, 0.5) is 0 Å². The monoisotopic (exact) mass is 460 g/mol. The molecule has 2 fully saturated rings. The Hall–Kier alpha value is -2.35. The van der Waals surface area contributed by atoms with Gasteiger partial charge in [-0.15, -0.1) is 0 Å². The molecule has 3 atom stereocenters. The van der Waals surface area contributed by atoms with Gasteiger partial charge in [-0.2, -0.15) is 0 Å². The van der Waals surface area contributed by atoms with Gasteiger partial charge in [0.15, 0.2) is 5.12 Å². The highest BCUT2D eigenvalue weighted by Crippen LogP contribution is 2.37. The van der Waals surface area contributed by atoms with Crippen molar-refractivity contribution in [3.05, 3.63) is 35.9 Å². The number of amides is 2. The zero-order valence-corrected chi connectivity index (χ0v) is 19.6. The smallest absolute Gasteiger partial charge is 0.325 e. The van der Waals surface area contributed by atoms with E-state index >= 15 is 0 Å². The number of likely N-dealkylation sites (tertiary alicyclic amines) is 1. The number of methoxy groups -OCH3 is 1. The molecule has 0 aromatic heterocycles. The largest absolute Gasteiger partial charge is 0.468 e. The highest BCUT2D eigenvalue weighted by atomic mass is 32.2. The van der Waals surface area contributed by atoms with Crippen molar-refractivity contribution in [2.24, 2.45) is 5.92 Å². The predicted octanol–water partition coefficient (Wildman–Crippen LogP) is 2.72. The number of ether oxygens (including phenoxy) is 1. The predicted molar refractivity (Wildman–Crippen MR) is 123 cm³/mol. The Kier molecular flexibility index (Phi) is 8.73. The molecule has 0 bridgehead atoms. The van der Waals surface area contributed by atoms with Gasteiger partial charge in [-0.1, -0.05) is 54.9 Å². The van der Waals surface area contributed by atoms with Crippen LogP contribution in [0.15, 0.2) is 30.3 Å². The SMILES string of the molecule is COC(=O)CN1C(=O)[C@@H](NC(=O)[C@H](Cc2ccccc2)SC(C)=O)CCC[C@@H]1CC1CC1. The molecule has 1 N–H and O–H groups in total. The number of carbonyl (C=O) groups is 4. The summed E-state index contributed by atoms with van der Waals surface area (Å²) in [6.07, 6.45) is 5.73. The molecule has 1 aromatic carbocycles. The van der Waals surface area contributed by atoms with E-state index in [1.165, 1.54) is 26.9 Å². The minimum absolute atomic E-state index is 0.0114. The molecule has 3 rings (SSSR count). The first-order valence-corrected chi connectivity index (χ1v) is 12.1. The average Bonchev–Trinajstić information content (AvgIpc) is 3.60. The van der Waals surface area contributed by atoms with Crippen molar-refractivity contribution < 1.29 is 23.9 Å². The Balaban J connectivity index is 1.72. The zero-order chi connectivity index (χ0) is 23.1. The lowest BCUT2D eigenvalue weighted by Gasteiger charge is -2.31. The van der Waals surface area contributed by atoms with Crippen LogP contribution in [-0.4, -0.2) is 58.8 Å². The molecule has 1 aliphatic heterocycles. The van der Waals surface area contributed by atoms with Crippen molar-refractivity contribution in [1.82, 2.24) is 10.2 Å². The Morgan fingerprint density at radius 3 is 2.50 bits per heavy atom. The molecule has 2 amide bonds. The number of rotatable bonds is 9. The third kappa shape index (κ3) is 7.08. The van der Waals surface area contributed by atoms with Gasteiger partial charge in [0.25, 0.3) is 0 Å². The van der Waals surface area contributed by atoms with Crippen LogP contribution >= 0.6 is 11.8 Å². The summed E-state index contributed by atoms with van der Waals surface area (Å²) in [5.41, 5.74) is 0.949. The van der Waals surface area contributed by atoms with Gasteiger partial charge >= 0.3 is 5.97 Å². The molecule has 174 valence electrons. The van der Waals surface area contributed by atoms with E-state index in [4.69, 9.17) is 4.74 Å². The zero-order valence-electron chi connectivity index (χ0n) is 18.7. The molecule has 0 unspecified atom stereocenters. The summed E-state index contributed by atoms with van der Waals surface area (Å²) < 4.78 is 4.81. The Morgan fingerprint density at radius 1 is 1.16 bits per heavy atom. The number of nitrogens with zero attached hydrogens (tertiary/aromatic N) is 1. The minimum atomic E-state index is -0.706. The van der Waals surface area contributed by atoms with Crippen LogP contribution in [0.1, 0.15) is 51.0 Å². The van der Waals surface area contributed by atoms with Crippen molar-refractivity contribution in [3.63, 3.8) is 0 Å². The topological polar surface area (TPSA) is 92.8 Å². The van der Waals surface area contributed by atoms with E-state index in [0.29, 0.717) is 18.8 Å². The fourth-order valence-electron chi connectivity index (χ4n) is 4.23. The third-order valence-electron chi connectivity index (χ3n) is 6.06. The molecular formula is C24H32N2O5S. The number of hydrogen-bond donors (Lipinski definition) is 1. The number of thioether (sulfide) groups is 1. The number of benzene rings is 1. The maximum Gasteiger partial charge on any atom is 0.325 e. The van der Waals surface area contributed by atoms with Gasteiger partial charge in [-0.25, -0.2) is 0 Å². The lowest BCUT2D eigenvalue weighted by Crippen LogP contribution is -2.53. The molecule has 8 heteroatoms. The Labute approximate surface area is 193 Å². The van der Waals surface area contributed by atoms with Crippen LogP contribution in [0.2, 0.25) is 0 Å². The first-order chi connectivity index (χ1) is 15.4. The van der Waals surface area contributed by atoms with E-state index in [-0.39, 0.29) is 29.5 Å². The molecule has 1 aliphatic carbocycles. The second-order valence-electron chi connectivity index (χ2n) is 8.66. The van der Waals surface area contributed by atoms with Crippen molar-refractivity contribution in [2.45, 2.75) is 69.2 Å². The van der Waals surface area contributed by atoms with Crippen LogP contribution in [0.3, 0.4) is 0 Å². The van der Waals surface area contributed by atoms with Crippen LogP contribution < -0.4 is 5.32 Å². The molecule has 1 heterocycles. The maximum absolute atomic E-state index is 13.4. The second-order valence-corrected chi connectivity index (χ2v) is 10.0. The van der Waals surface area contributed by atoms with E-state index in [1.807, 2.05) is 30.3 Å². The lowest BCUT2D eigenvalue weighted by atomic mass is 10.0. The molecule has 1 saturated carbocycles. The molecule has 0 radical (unpaired) electrons. The van der Waals surface area contributed by atoms with E-state index in [0.717, 1.165) is 36.6 Å². The van der Waals surface area contributed by atoms with Crippen LogP contribution in [0.25, 0.3) is 0 Å². The molecule has 1 aromatic rings. The molecule has 1 saturated heterocycles. The molecule has 32 heavy (non-hydrogen) atoms. The van der Waals surface area contributed by atoms with Gasteiger partial charge in [-0.05, 0) is 43.6 Å².